The molecule has 6 nitrogen and oxygen atoms in total. The van der Waals surface area contributed by atoms with Crippen molar-refractivity contribution in [3.63, 3.8) is 0 Å². The second-order valence-electron chi connectivity index (χ2n) is 13.4. The summed E-state index contributed by atoms with van der Waals surface area (Å²) in [4.78, 5) is 0.493. The Kier molecular flexibility index (Phi) is 8.68. The third kappa shape index (κ3) is 6.99. The van der Waals surface area contributed by atoms with E-state index in [2.05, 4.69) is 33.7 Å². The van der Waals surface area contributed by atoms with Crippen molar-refractivity contribution in [3.05, 3.63) is 130 Å². The Morgan fingerprint density at radius 3 is 1.05 bits per heavy atom. The van der Waals surface area contributed by atoms with Crippen LogP contribution in [0.1, 0.15) is 85.8 Å². The Morgan fingerprint density at radius 2 is 0.773 bits per heavy atom. The maximum Gasteiger partial charge on any atom is 0.241 e. The number of hydrogen-bond acceptors (Lipinski definition) is 4. The lowest BCUT2D eigenvalue weighted by Gasteiger charge is -2.40. The number of aryl methyl sites for hydroxylation is 2. The minimum atomic E-state index is -3.73. The molecular weight excluding hydrogens is 589 g/mol. The maximum atomic E-state index is 13.4. The van der Waals surface area contributed by atoms with Crippen LogP contribution in [0.5, 0.6) is 0 Å². The van der Waals surface area contributed by atoms with Gasteiger partial charge in [0.2, 0.25) is 20.0 Å². The molecule has 232 valence electrons. The molecule has 0 aromatic heterocycles. The number of benzene rings is 4. The fourth-order valence-electron chi connectivity index (χ4n) is 6.45. The average Bonchev–Trinajstić information content (AvgIpc) is 2.94. The summed E-state index contributed by atoms with van der Waals surface area (Å²) in [5.41, 5.74) is 5.02. The van der Waals surface area contributed by atoms with Crippen LogP contribution in [-0.2, 0) is 20.0 Å². The maximum absolute atomic E-state index is 13.4. The molecule has 0 saturated carbocycles. The number of nitrogens with one attached hydrogen (secondary N) is 2. The highest BCUT2D eigenvalue weighted by Crippen LogP contribution is 2.48. The standard InChI is InChI=1S/C36H42N2O4S2/c1-25-15-19-27(20-16-25)43(39,40)37-35(3,4)23-33-29-11-7-9-13-31(29)34(32-14-10-8-12-30(32)33)24-36(5,6)38-44(41,42)28-21-17-26(2)18-22-28/h7-22,33-34,37-38H,23-24H2,1-6H3. The van der Waals surface area contributed by atoms with Crippen LogP contribution in [0.3, 0.4) is 0 Å². The second-order valence-corrected chi connectivity index (χ2v) is 16.7. The van der Waals surface area contributed by atoms with E-state index in [-0.39, 0.29) is 21.6 Å². The van der Waals surface area contributed by atoms with Gasteiger partial charge in [-0.05, 0) is 101 Å². The molecule has 0 heterocycles. The first-order chi connectivity index (χ1) is 20.6. The fourth-order valence-corrected chi connectivity index (χ4v) is 9.30. The summed E-state index contributed by atoms with van der Waals surface area (Å²) in [6.07, 6.45) is 1.09. The monoisotopic (exact) mass is 630 g/mol. The van der Waals surface area contributed by atoms with Crippen molar-refractivity contribution in [1.29, 1.82) is 0 Å². The topological polar surface area (TPSA) is 92.3 Å². The van der Waals surface area contributed by atoms with E-state index in [4.69, 9.17) is 0 Å². The van der Waals surface area contributed by atoms with Gasteiger partial charge in [0.05, 0.1) is 9.79 Å². The summed E-state index contributed by atoms with van der Waals surface area (Å²) in [5, 5.41) is 0. The van der Waals surface area contributed by atoms with E-state index in [0.717, 1.165) is 33.4 Å². The minimum Gasteiger partial charge on any atom is -0.207 e. The quantitative estimate of drug-likeness (QED) is 0.194. The molecule has 5 rings (SSSR count). The van der Waals surface area contributed by atoms with Crippen LogP contribution < -0.4 is 9.44 Å². The summed E-state index contributed by atoms with van der Waals surface area (Å²) in [6, 6.07) is 30.3. The molecule has 0 aliphatic heterocycles. The molecule has 0 bridgehead atoms. The first-order valence-electron chi connectivity index (χ1n) is 15.0. The summed E-state index contributed by atoms with van der Waals surface area (Å²) in [6.45, 7) is 11.6. The van der Waals surface area contributed by atoms with E-state index in [1.807, 2.05) is 65.8 Å². The Labute approximate surface area is 263 Å². The summed E-state index contributed by atoms with van der Waals surface area (Å²) < 4.78 is 59.4. The van der Waals surface area contributed by atoms with Crippen molar-refractivity contribution in [2.24, 2.45) is 0 Å². The van der Waals surface area contributed by atoms with Crippen LogP contribution in [0.25, 0.3) is 0 Å². The highest BCUT2D eigenvalue weighted by Gasteiger charge is 2.39. The molecule has 0 radical (unpaired) electrons. The number of rotatable bonds is 10. The molecule has 2 N–H and O–H groups in total. The van der Waals surface area contributed by atoms with Gasteiger partial charge in [-0.15, -0.1) is 0 Å². The minimum absolute atomic E-state index is 0.0540. The van der Waals surface area contributed by atoms with Gasteiger partial charge in [0, 0.05) is 22.9 Å². The van der Waals surface area contributed by atoms with Crippen molar-refractivity contribution in [1.82, 2.24) is 9.44 Å². The van der Waals surface area contributed by atoms with Crippen LogP contribution in [0, 0.1) is 13.8 Å². The lowest BCUT2D eigenvalue weighted by atomic mass is 9.67. The summed E-state index contributed by atoms with van der Waals surface area (Å²) in [5.74, 6) is -0.108. The molecule has 0 unspecified atom stereocenters. The smallest absolute Gasteiger partial charge is 0.207 e. The van der Waals surface area contributed by atoms with Crippen molar-refractivity contribution < 1.29 is 16.8 Å². The predicted octanol–water partition coefficient (Wildman–Crippen LogP) is 7.18. The highest BCUT2D eigenvalue weighted by molar-refractivity contribution is 7.89. The lowest BCUT2D eigenvalue weighted by molar-refractivity contribution is 0.380. The van der Waals surface area contributed by atoms with Gasteiger partial charge in [0.15, 0.2) is 0 Å². The average molecular weight is 631 g/mol. The summed E-state index contributed by atoms with van der Waals surface area (Å²) in [7, 11) is -7.47. The van der Waals surface area contributed by atoms with Gasteiger partial charge >= 0.3 is 0 Å². The molecule has 1 aliphatic carbocycles. The highest BCUT2D eigenvalue weighted by atomic mass is 32.2. The van der Waals surface area contributed by atoms with Crippen LogP contribution in [-0.4, -0.2) is 27.9 Å². The first kappa shape index (κ1) is 32.1. The predicted molar refractivity (Wildman–Crippen MR) is 177 cm³/mol. The zero-order valence-electron chi connectivity index (χ0n) is 26.3. The second kappa shape index (κ2) is 11.9. The van der Waals surface area contributed by atoms with Crippen molar-refractivity contribution in [2.45, 2.75) is 87.1 Å². The normalized spacial score (nSPS) is 17.1. The van der Waals surface area contributed by atoms with E-state index < -0.39 is 31.1 Å². The van der Waals surface area contributed by atoms with Gasteiger partial charge in [-0.25, -0.2) is 26.3 Å². The van der Waals surface area contributed by atoms with E-state index in [9.17, 15) is 16.8 Å². The Balaban J connectivity index is 1.46. The van der Waals surface area contributed by atoms with Gasteiger partial charge in [-0.3, -0.25) is 0 Å². The van der Waals surface area contributed by atoms with Crippen molar-refractivity contribution >= 4 is 20.0 Å². The van der Waals surface area contributed by atoms with Gasteiger partial charge in [0.25, 0.3) is 0 Å². The van der Waals surface area contributed by atoms with E-state index >= 15 is 0 Å². The SMILES string of the molecule is Cc1ccc(S(=O)(=O)NC(C)(C)CC2c3ccccc3C(CC(C)(C)NS(=O)(=O)c3ccc(C)cc3)c3ccccc32)cc1. The van der Waals surface area contributed by atoms with Gasteiger partial charge in [0.1, 0.15) is 0 Å². The Hall–Kier alpha value is -3.30. The molecule has 0 amide bonds. The van der Waals surface area contributed by atoms with E-state index in [1.165, 1.54) is 0 Å². The summed E-state index contributed by atoms with van der Waals surface area (Å²) >= 11 is 0. The molecule has 1 aliphatic rings. The zero-order valence-corrected chi connectivity index (χ0v) is 27.9. The third-order valence-corrected chi connectivity index (χ3v) is 11.8. The molecule has 0 atom stereocenters. The third-order valence-electron chi connectivity index (χ3n) is 8.41. The molecule has 44 heavy (non-hydrogen) atoms. The van der Waals surface area contributed by atoms with Gasteiger partial charge in [-0.1, -0.05) is 83.9 Å². The van der Waals surface area contributed by atoms with E-state index in [1.54, 1.807) is 48.5 Å². The van der Waals surface area contributed by atoms with Crippen LogP contribution >= 0.6 is 0 Å². The molecular formula is C36H42N2O4S2. The largest absolute Gasteiger partial charge is 0.241 e. The Bertz CT molecular complexity index is 1680. The molecule has 0 spiro atoms. The lowest BCUT2D eigenvalue weighted by Crippen LogP contribution is -2.46. The van der Waals surface area contributed by atoms with Crippen LogP contribution in [0.2, 0.25) is 0 Å². The fraction of sp³-hybridized carbons (Fsp3) is 0.333. The molecule has 8 heteroatoms. The molecule has 4 aromatic carbocycles. The zero-order chi connectivity index (χ0) is 31.9. The van der Waals surface area contributed by atoms with E-state index in [0.29, 0.717) is 12.8 Å². The Morgan fingerprint density at radius 1 is 0.500 bits per heavy atom. The van der Waals surface area contributed by atoms with Crippen molar-refractivity contribution in [3.8, 4) is 0 Å². The number of fused-ring (bicyclic) bond motifs is 2. The van der Waals surface area contributed by atoms with Gasteiger partial charge in [-0.2, -0.15) is 0 Å². The van der Waals surface area contributed by atoms with Crippen molar-refractivity contribution in [2.75, 3.05) is 0 Å². The van der Waals surface area contributed by atoms with Gasteiger partial charge < -0.3 is 0 Å². The first-order valence-corrected chi connectivity index (χ1v) is 17.9. The number of sulfonamides is 2. The van der Waals surface area contributed by atoms with Crippen LogP contribution in [0.4, 0.5) is 0 Å². The molecule has 4 aromatic rings. The molecule has 0 fully saturated rings. The number of hydrogen-bond donors (Lipinski definition) is 2. The molecule has 0 saturated heterocycles. The van der Waals surface area contributed by atoms with Crippen LogP contribution in [0.15, 0.2) is 107 Å².